The molecule has 0 nitrogen and oxygen atoms in total. The van der Waals surface area contributed by atoms with E-state index < -0.39 is 0 Å². The summed E-state index contributed by atoms with van der Waals surface area (Å²) in [4.78, 5) is 0. The molecule has 0 aliphatic heterocycles. The van der Waals surface area contributed by atoms with Crippen LogP contribution in [0, 0.1) is 11.8 Å². The molecule has 2 rings (SSSR count). The van der Waals surface area contributed by atoms with Gasteiger partial charge in [-0.25, -0.2) is 0 Å². The van der Waals surface area contributed by atoms with Gasteiger partial charge in [-0.3, -0.25) is 0 Å². The molecule has 0 bridgehead atoms. The molecule has 13 heavy (non-hydrogen) atoms. The Morgan fingerprint density at radius 2 is 0.923 bits per heavy atom. The van der Waals surface area contributed by atoms with Gasteiger partial charge >= 0.3 is 0 Å². The van der Waals surface area contributed by atoms with Gasteiger partial charge in [0.25, 0.3) is 0 Å². The second kappa shape index (κ2) is 6.64. The maximum absolute atomic E-state index is 2.26. The van der Waals surface area contributed by atoms with E-state index in [2.05, 4.69) is 13.1 Å². The van der Waals surface area contributed by atoms with E-state index in [1.165, 1.54) is 25.7 Å². The first-order valence-corrected chi connectivity index (χ1v) is 9.21. The molecule has 0 aromatic carbocycles. The first-order chi connectivity index (χ1) is 6.38. The molecule has 0 N–H and O–H groups in total. The summed E-state index contributed by atoms with van der Waals surface area (Å²) in [6.45, 7) is 4.53. The van der Waals surface area contributed by atoms with Crippen molar-refractivity contribution < 1.29 is 0 Å². The molecule has 0 atom stereocenters. The molecule has 0 aromatic heterocycles. The lowest BCUT2D eigenvalue weighted by Crippen LogP contribution is -2.06. The zero-order valence-electron chi connectivity index (χ0n) is 9.52. The highest BCUT2D eigenvalue weighted by Crippen LogP contribution is 2.39. The Bertz CT molecular complexity index is 96.3. The quantitative estimate of drug-likeness (QED) is 0.565. The Labute approximate surface area is 86.3 Å². The molecule has 0 heterocycles. The van der Waals surface area contributed by atoms with Gasteiger partial charge in [-0.05, 0) is 11.8 Å². The first kappa shape index (κ1) is 11.3. The van der Waals surface area contributed by atoms with Crippen LogP contribution in [0.3, 0.4) is 0 Å². The summed E-state index contributed by atoms with van der Waals surface area (Å²) in [6, 6.07) is 0. The van der Waals surface area contributed by atoms with Gasteiger partial charge in [0.1, 0.15) is 0 Å². The summed E-state index contributed by atoms with van der Waals surface area (Å²) < 4.78 is 0. The Morgan fingerprint density at radius 1 is 0.692 bits per heavy atom. The van der Waals surface area contributed by atoms with Crippen LogP contribution in [0.2, 0.25) is 13.1 Å². The molecule has 0 saturated heterocycles. The largest absolute Gasteiger partial charge is 0.0750 e. The van der Waals surface area contributed by atoms with Crippen LogP contribution in [-0.4, -0.2) is 9.52 Å². The van der Waals surface area contributed by atoms with Crippen molar-refractivity contribution in [2.24, 2.45) is 11.8 Å². The smallest absolute Gasteiger partial charge is 0.0135 e. The zero-order chi connectivity index (χ0) is 9.52. The van der Waals surface area contributed by atoms with Gasteiger partial charge in [0.15, 0.2) is 0 Å². The minimum Gasteiger partial charge on any atom is -0.0750 e. The third kappa shape index (κ3) is 3.84. The van der Waals surface area contributed by atoms with E-state index in [-0.39, 0.29) is 0 Å². The molecule has 2 saturated carbocycles. The van der Waals surface area contributed by atoms with E-state index in [4.69, 9.17) is 0 Å². The SMILES string of the molecule is C1CCC(C2CCCC2)C1.C[SiH2]C. The van der Waals surface area contributed by atoms with Crippen molar-refractivity contribution in [1.82, 2.24) is 0 Å². The second-order valence-corrected chi connectivity index (χ2v) is 6.21. The fourth-order valence-electron chi connectivity index (χ4n) is 2.86. The Kier molecular flexibility index (Phi) is 5.77. The lowest BCUT2D eigenvalue weighted by Gasteiger charge is -2.16. The minimum atomic E-state index is 0.417. The van der Waals surface area contributed by atoms with Gasteiger partial charge in [-0.2, -0.15) is 0 Å². The van der Waals surface area contributed by atoms with Crippen LogP contribution < -0.4 is 0 Å². The number of hydrogen-bond acceptors (Lipinski definition) is 0. The van der Waals surface area contributed by atoms with Crippen molar-refractivity contribution in [1.29, 1.82) is 0 Å². The van der Waals surface area contributed by atoms with Crippen LogP contribution in [0.25, 0.3) is 0 Å². The van der Waals surface area contributed by atoms with Crippen LogP contribution >= 0.6 is 0 Å². The van der Waals surface area contributed by atoms with Gasteiger partial charge in [0.2, 0.25) is 0 Å². The molecule has 78 valence electrons. The summed E-state index contributed by atoms with van der Waals surface area (Å²) in [5.74, 6) is 2.31. The molecule has 1 heteroatoms. The summed E-state index contributed by atoms with van der Waals surface area (Å²) >= 11 is 0. The Balaban J connectivity index is 0.000000251. The van der Waals surface area contributed by atoms with E-state index in [0.717, 1.165) is 11.8 Å². The first-order valence-electron chi connectivity index (χ1n) is 6.38. The van der Waals surface area contributed by atoms with Gasteiger partial charge < -0.3 is 0 Å². The average Bonchev–Trinajstić information content (AvgIpc) is 2.78. The van der Waals surface area contributed by atoms with Gasteiger partial charge in [0, 0.05) is 9.52 Å². The van der Waals surface area contributed by atoms with Crippen molar-refractivity contribution >= 4 is 9.52 Å². The van der Waals surface area contributed by atoms with Gasteiger partial charge in [0.05, 0.1) is 0 Å². The number of hydrogen-bond donors (Lipinski definition) is 0. The van der Waals surface area contributed by atoms with Crippen LogP contribution in [0.1, 0.15) is 51.4 Å². The predicted molar refractivity (Wildman–Crippen MR) is 64.2 cm³/mol. The molecule has 2 aliphatic rings. The van der Waals surface area contributed by atoms with Crippen LogP contribution in [0.4, 0.5) is 0 Å². The van der Waals surface area contributed by atoms with Crippen molar-refractivity contribution in [3.63, 3.8) is 0 Å². The van der Waals surface area contributed by atoms with Crippen molar-refractivity contribution in [3.05, 3.63) is 0 Å². The molecular formula is C12H26Si. The zero-order valence-corrected chi connectivity index (χ0v) is 10.9. The summed E-state index contributed by atoms with van der Waals surface area (Å²) in [7, 11) is 0.417. The second-order valence-electron chi connectivity index (χ2n) is 4.80. The van der Waals surface area contributed by atoms with Crippen molar-refractivity contribution in [2.45, 2.75) is 64.5 Å². The van der Waals surface area contributed by atoms with Crippen molar-refractivity contribution in [3.8, 4) is 0 Å². The average molecular weight is 198 g/mol. The Hall–Kier alpha value is 0.217. The molecule has 0 radical (unpaired) electrons. The predicted octanol–water partition coefficient (Wildman–Crippen LogP) is 3.62. The lowest BCUT2D eigenvalue weighted by molar-refractivity contribution is 0.347. The highest BCUT2D eigenvalue weighted by atomic mass is 28.2. The summed E-state index contributed by atoms with van der Waals surface area (Å²) in [6.07, 6.45) is 12.4. The summed E-state index contributed by atoms with van der Waals surface area (Å²) in [5.41, 5.74) is 0. The third-order valence-corrected chi connectivity index (χ3v) is 3.47. The number of rotatable bonds is 1. The van der Waals surface area contributed by atoms with Gasteiger partial charge in [-0.15, -0.1) is 0 Å². The molecule has 2 aliphatic carbocycles. The maximum Gasteiger partial charge on any atom is 0.0135 e. The van der Waals surface area contributed by atoms with E-state index in [1.54, 1.807) is 25.7 Å². The van der Waals surface area contributed by atoms with E-state index in [9.17, 15) is 0 Å². The molecule has 0 spiro atoms. The third-order valence-electron chi connectivity index (χ3n) is 3.47. The molecule has 0 unspecified atom stereocenters. The fourth-order valence-corrected chi connectivity index (χ4v) is 2.86. The highest BCUT2D eigenvalue weighted by molar-refractivity contribution is 6.31. The fraction of sp³-hybridized carbons (Fsp3) is 1.00. The van der Waals surface area contributed by atoms with E-state index >= 15 is 0 Å². The standard InChI is InChI=1S/C10H18.C2H8Si/c1-2-6-9(5-1)10-7-3-4-8-10;1-3-2/h9-10H,1-8H2;3H2,1-2H3. The van der Waals surface area contributed by atoms with Gasteiger partial charge in [-0.1, -0.05) is 64.5 Å². The van der Waals surface area contributed by atoms with Crippen molar-refractivity contribution in [2.75, 3.05) is 0 Å². The summed E-state index contributed by atoms with van der Waals surface area (Å²) in [5, 5.41) is 0. The minimum absolute atomic E-state index is 0.417. The maximum atomic E-state index is 2.26. The topological polar surface area (TPSA) is 0 Å². The normalized spacial score (nSPS) is 24.5. The Morgan fingerprint density at radius 3 is 1.15 bits per heavy atom. The van der Waals surface area contributed by atoms with Crippen LogP contribution in [-0.2, 0) is 0 Å². The molecular weight excluding hydrogens is 172 g/mol. The highest BCUT2D eigenvalue weighted by Gasteiger charge is 2.26. The molecule has 2 fully saturated rings. The molecule has 0 amide bonds. The lowest BCUT2D eigenvalue weighted by atomic mass is 9.90. The van der Waals surface area contributed by atoms with Crippen LogP contribution in [0.15, 0.2) is 0 Å². The van der Waals surface area contributed by atoms with E-state index in [1.807, 2.05) is 0 Å². The molecule has 0 aromatic rings. The monoisotopic (exact) mass is 198 g/mol. The van der Waals surface area contributed by atoms with E-state index in [0.29, 0.717) is 9.52 Å². The van der Waals surface area contributed by atoms with Crippen LogP contribution in [0.5, 0.6) is 0 Å².